The SMILES string of the molecule is CC(C)S(=O)(=O)N1CCc2nc(NC(=O)C(C)(C)Oc3ccc(Cl)cc3)sc2C1. The number of anilines is 1. The van der Waals surface area contributed by atoms with E-state index in [1.807, 2.05) is 0 Å². The number of ether oxygens (including phenoxy) is 1. The fourth-order valence-electron chi connectivity index (χ4n) is 2.83. The van der Waals surface area contributed by atoms with Gasteiger partial charge in [0, 0.05) is 29.4 Å². The van der Waals surface area contributed by atoms with E-state index in [9.17, 15) is 13.2 Å². The molecule has 10 heteroatoms. The Kier molecular flexibility index (Phi) is 6.24. The summed E-state index contributed by atoms with van der Waals surface area (Å²) in [5.74, 6) is 0.188. The molecule has 2 heterocycles. The number of carbonyl (C=O) groups is 1. The number of hydrogen-bond acceptors (Lipinski definition) is 6. The number of rotatable bonds is 6. The van der Waals surface area contributed by atoms with Gasteiger partial charge in [-0.1, -0.05) is 11.6 Å². The van der Waals surface area contributed by atoms with Crippen molar-refractivity contribution in [1.82, 2.24) is 9.29 Å². The van der Waals surface area contributed by atoms with Crippen molar-refractivity contribution in [1.29, 1.82) is 0 Å². The fraction of sp³-hybridized carbons (Fsp3) is 0.474. The summed E-state index contributed by atoms with van der Waals surface area (Å²) >= 11 is 7.17. The van der Waals surface area contributed by atoms with Gasteiger partial charge in [-0.05, 0) is 52.0 Å². The van der Waals surface area contributed by atoms with Crippen molar-refractivity contribution in [3.8, 4) is 5.75 Å². The summed E-state index contributed by atoms with van der Waals surface area (Å²) in [6, 6.07) is 6.78. The van der Waals surface area contributed by atoms with E-state index in [0.717, 1.165) is 10.6 Å². The molecule has 158 valence electrons. The second kappa shape index (κ2) is 8.22. The summed E-state index contributed by atoms with van der Waals surface area (Å²) in [4.78, 5) is 18.1. The van der Waals surface area contributed by atoms with Gasteiger partial charge in [-0.25, -0.2) is 13.4 Å². The molecule has 0 fully saturated rings. The second-order valence-corrected chi connectivity index (χ2v) is 11.6. The predicted molar refractivity (Wildman–Crippen MR) is 115 cm³/mol. The van der Waals surface area contributed by atoms with Crippen LogP contribution in [0.2, 0.25) is 5.02 Å². The monoisotopic (exact) mass is 457 g/mol. The lowest BCUT2D eigenvalue weighted by Gasteiger charge is -2.26. The van der Waals surface area contributed by atoms with Gasteiger partial charge in [0.15, 0.2) is 10.7 Å². The summed E-state index contributed by atoms with van der Waals surface area (Å²) < 4.78 is 32.1. The quantitative estimate of drug-likeness (QED) is 0.714. The molecule has 2 aromatic rings. The molecule has 0 saturated heterocycles. The molecule has 1 aromatic heterocycles. The van der Waals surface area contributed by atoms with Gasteiger partial charge < -0.3 is 4.74 Å². The van der Waals surface area contributed by atoms with Crippen LogP contribution in [0.1, 0.15) is 38.3 Å². The van der Waals surface area contributed by atoms with Crippen molar-refractivity contribution in [3.63, 3.8) is 0 Å². The number of aromatic nitrogens is 1. The van der Waals surface area contributed by atoms with Crippen LogP contribution in [-0.4, -0.2) is 41.0 Å². The molecule has 3 rings (SSSR count). The molecule has 0 spiro atoms. The Hall–Kier alpha value is -1.68. The Morgan fingerprint density at radius 3 is 2.59 bits per heavy atom. The van der Waals surface area contributed by atoms with Crippen LogP contribution in [-0.2, 0) is 27.8 Å². The maximum atomic E-state index is 12.7. The van der Waals surface area contributed by atoms with E-state index in [-0.39, 0.29) is 12.5 Å². The minimum absolute atomic E-state index is 0.286. The number of carbonyl (C=O) groups excluding carboxylic acids is 1. The van der Waals surface area contributed by atoms with Crippen LogP contribution < -0.4 is 10.1 Å². The zero-order chi connectivity index (χ0) is 21.4. The van der Waals surface area contributed by atoms with Crippen molar-refractivity contribution < 1.29 is 17.9 Å². The molecule has 0 unspecified atom stereocenters. The molecule has 1 aromatic carbocycles. The Morgan fingerprint density at radius 2 is 1.97 bits per heavy atom. The maximum absolute atomic E-state index is 12.7. The molecule has 1 N–H and O–H groups in total. The van der Waals surface area contributed by atoms with E-state index in [1.54, 1.807) is 52.0 Å². The van der Waals surface area contributed by atoms with Crippen LogP contribution in [0.5, 0.6) is 5.75 Å². The fourth-order valence-corrected chi connectivity index (χ4v) is 5.31. The second-order valence-electron chi connectivity index (χ2n) is 7.59. The third-order valence-corrected chi connectivity index (χ3v) is 8.08. The molecule has 0 saturated carbocycles. The molecular weight excluding hydrogens is 434 g/mol. The van der Waals surface area contributed by atoms with Gasteiger partial charge >= 0.3 is 0 Å². The van der Waals surface area contributed by atoms with Crippen LogP contribution in [0.3, 0.4) is 0 Å². The number of sulfonamides is 1. The molecule has 29 heavy (non-hydrogen) atoms. The van der Waals surface area contributed by atoms with Gasteiger partial charge in [-0.15, -0.1) is 11.3 Å². The van der Waals surface area contributed by atoms with Crippen LogP contribution >= 0.6 is 22.9 Å². The summed E-state index contributed by atoms with van der Waals surface area (Å²) in [7, 11) is -3.32. The van der Waals surface area contributed by atoms with Gasteiger partial charge in [-0.2, -0.15) is 4.31 Å². The minimum atomic E-state index is -3.32. The highest BCUT2D eigenvalue weighted by atomic mass is 35.5. The summed E-state index contributed by atoms with van der Waals surface area (Å²) in [6.07, 6.45) is 0.526. The Morgan fingerprint density at radius 1 is 1.31 bits per heavy atom. The molecule has 0 bridgehead atoms. The first-order chi connectivity index (χ1) is 13.5. The third-order valence-electron chi connectivity index (χ3n) is 4.61. The topological polar surface area (TPSA) is 88.6 Å². The Balaban J connectivity index is 1.69. The molecule has 0 atom stereocenters. The lowest BCUT2D eigenvalue weighted by Crippen LogP contribution is -2.42. The number of nitrogens with zero attached hydrogens (tertiary/aromatic N) is 2. The van der Waals surface area contributed by atoms with E-state index >= 15 is 0 Å². The summed E-state index contributed by atoms with van der Waals surface area (Å²) in [5.41, 5.74) is -0.301. The third kappa shape index (κ3) is 4.91. The summed E-state index contributed by atoms with van der Waals surface area (Å²) in [6.45, 7) is 7.37. The highest BCUT2D eigenvalue weighted by Crippen LogP contribution is 2.31. The number of nitrogens with one attached hydrogen (secondary N) is 1. The molecule has 1 aliphatic heterocycles. The van der Waals surface area contributed by atoms with Crippen molar-refractivity contribution in [3.05, 3.63) is 39.9 Å². The first-order valence-corrected chi connectivity index (χ1v) is 11.9. The number of benzene rings is 1. The van der Waals surface area contributed by atoms with Gasteiger partial charge in [0.05, 0.1) is 10.9 Å². The lowest BCUT2D eigenvalue weighted by molar-refractivity contribution is -0.128. The zero-order valence-corrected chi connectivity index (χ0v) is 19.1. The predicted octanol–water partition coefficient (Wildman–Crippen LogP) is 3.69. The standard InChI is InChI=1S/C19H24ClN3O4S2/c1-12(2)29(25,26)23-10-9-15-16(11-23)28-18(21-15)22-17(24)19(3,4)27-14-7-5-13(20)6-8-14/h5-8,12H,9-11H2,1-4H3,(H,21,22,24). The van der Waals surface area contributed by atoms with Crippen molar-refractivity contribution in [2.24, 2.45) is 0 Å². The zero-order valence-electron chi connectivity index (χ0n) is 16.7. The van der Waals surface area contributed by atoms with E-state index in [4.69, 9.17) is 16.3 Å². The van der Waals surface area contributed by atoms with E-state index < -0.39 is 20.9 Å². The highest BCUT2D eigenvalue weighted by molar-refractivity contribution is 7.89. The average Bonchev–Trinajstić information content (AvgIpc) is 3.04. The van der Waals surface area contributed by atoms with Crippen LogP contribution in [0.25, 0.3) is 0 Å². The maximum Gasteiger partial charge on any atom is 0.269 e. The minimum Gasteiger partial charge on any atom is -0.478 e. The Labute approximate surface area is 180 Å². The number of amides is 1. The molecule has 1 amide bonds. The van der Waals surface area contributed by atoms with Gasteiger partial charge in [0.25, 0.3) is 5.91 Å². The molecule has 0 radical (unpaired) electrons. The Bertz CT molecular complexity index is 1000. The number of halogens is 1. The number of fused-ring (bicyclic) bond motifs is 1. The van der Waals surface area contributed by atoms with Crippen LogP contribution in [0.4, 0.5) is 5.13 Å². The van der Waals surface area contributed by atoms with Crippen molar-refractivity contribution >= 4 is 44.0 Å². The van der Waals surface area contributed by atoms with Crippen molar-refractivity contribution in [2.75, 3.05) is 11.9 Å². The van der Waals surface area contributed by atoms with E-state index in [1.165, 1.54) is 15.6 Å². The summed E-state index contributed by atoms with van der Waals surface area (Å²) in [5, 5.41) is 3.35. The molecule has 7 nitrogen and oxygen atoms in total. The molecular formula is C19H24ClN3O4S2. The van der Waals surface area contributed by atoms with Crippen molar-refractivity contribution in [2.45, 2.75) is 51.5 Å². The first-order valence-electron chi connectivity index (χ1n) is 9.22. The van der Waals surface area contributed by atoms with Gasteiger partial charge in [0.1, 0.15) is 5.75 Å². The first kappa shape index (κ1) is 22.0. The average molecular weight is 458 g/mol. The van der Waals surface area contributed by atoms with Gasteiger partial charge in [0.2, 0.25) is 10.0 Å². The van der Waals surface area contributed by atoms with Gasteiger partial charge in [-0.3, -0.25) is 10.1 Å². The normalized spacial score (nSPS) is 15.2. The highest BCUT2D eigenvalue weighted by Gasteiger charge is 2.33. The van der Waals surface area contributed by atoms with Crippen LogP contribution in [0.15, 0.2) is 24.3 Å². The van der Waals surface area contributed by atoms with Crippen LogP contribution in [0, 0.1) is 0 Å². The van der Waals surface area contributed by atoms with E-state index in [0.29, 0.717) is 28.9 Å². The lowest BCUT2D eigenvalue weighted by atomic mass is 10.1. The largest absolute Gasteiger partial charge is 0.478 e. The smallest absolute Gasteiger partial charge is 0.269 e. The number of thiazole rings is 1. The van der Waals surface area contributed by atoms with E-state index in [2.05, 4.69) is 10.3 Å². The molecule has 0 aliphatic carbocycles. The number of hydrogen-bond donors (Lipinski definition) is 1. The molecule has 1 aliphatic rings.